The fourth-order valence-electron chi connectivity index (χ4n) is 1.12. The Morgan fingerprint density at radius 2 is 2.53 bits per heavy atom. The van der Waals surface area contributed by atoms with E-state index in [0.717, 1.165) is 0 Å². The molecular weight excluding hydrogens is 194 g/mol. The molecule has 1 heterocycles. The van der Waals surface area contributed by atoms with Gasteiger partial charge in [0, 0.05) is 13.2 Å². The van der Waals surface area contributed by atoms with Gasteiger partial charge in [-0.2, -0.15) is 10.4 Å². The first-order chi connectivity index (χ1) is 7.17. The number of carbonyl (C=O) groups is 1. The van der Waals surface area contributed by atoms with Crippen molar-refractivity contribution in [1.82, 2.24) is 9.78 Å². The molecule has 0 saturated heterocycles. The van der Waals surface area contributed by atoms with E-state index in [-0.39, 0.29) is 12.5 Å². The zero-order valence-electron chi connectivity index (χ0n) is 8.80. The maximum atomic E-state index is 11.5. The summed E-state index contributed by atoms with van der Waals surface area (Å²) in [5.41, 5.74) is 0.411. The van der Waals surface area contributed by atoms with Crippen LogP contribution in [0.25, 0.3) is 0 Å². The van der Waals surface area contributed by atoms with Crippen molar-refractivity contribution in [2.75, 3.05) is 0 Å². The molecule has 1 unspecified atom stereocenters. The average molecular weight is 207 g/mol. The fourth-order valence-corrected chi connectivity index (χ4v) is 1.12. The monoisotopic (exact) mass is 207 g/mol. The molecule has 0 spiro atoms. The molecule has 0 saturated carbocycles. The van der Waals surface area contributed by atoms with Crippen LogP contribution in [0.15, 0.2) is 12.4 Å². The van der Waals surface area contributed by atoms with E-state index in [1.54, 1.807) is 13.2 Å². The minimum absolute atomic E-state index is 0.225. The third-order valence-electron chi connectivity index (χ3n) is 1.99. The second kappa shape index (κ2) is 5.15. The number of aromatic nitrogens is 2. The van der Waals surface area contributed by atoms with E-state index in [0.29, 0.717) is 12.0 Å². The van der Waals surface area contributed by atoms with Crippen LogP contribution in [0, 0.1) is 11.3 Å². The summed E-state index contributed by atoms with van der Waals surface area (Å²) < 4.78 is 6.65. The first kappa shape index (κ1) is 11.2. The Balaban J connectivity index is 2.59. The van der Waals surface area contributed by atoms with Crippen LogP contribution in [0.1, 0.15) is 30.1 Å². The van der Waals surface area contributed by atoms with E-state index in [4.69, 9.17) is 10.00 Å². The van der Waals surface area contributed by atoms with Crippen molar-refractivity contribution in [3.8, 4) is 6.07 Å². The van der Waals surface area contributed by atoms with E-state index in [2.05, 4.69) is 5.10 Å². The van der Waals surface area contributed by atoms with Gasteiger partial charge in [-0.3, -0.25) is 4.68 Å². The summed E-state index contributed by atoms with van der Waals surface area (Å²) in [5, 5.41) is 12.4. The Labute approximate surface area is 88.3 Å². The molecule has 0 bridgehead atoms. The Morgan fingerprint density at radius 3 is 3.00 bits per heavy atom. The Hall–Kier alpha value is -1.83. The van der Waals surface area contributed by atoms with Gasteiger partial charge >= 0.3 is 5.97 Å². The molecule has 1 aromatic heterocycles. The number of nitriles is 1. The second-order valence-corrected chi connectivity index (χ2v) is 3.20. The minimum Gasteiger partial charge on any atom is -0.458 e. The van der Waals surface area contributed by atoms with Crippen molar-refractivity contribution in [1.29, 1.82) is 5.26 Å². The summed E-state index contributed by atoms with van der Waals surface area (Å²) >= 11 is 0. The minimum atomic E-state index is -0.426. The molecule has 0 fully saturated rings. The van der Waals surface area contributed by atoms with Gasteiger partial charge < -0.3 is 4.74 Å². The molecule has 0 radical (unpaired) electrons. The smallest absolute Gasteiger partial charge is 0.341 e. The van der Waals surface area contributed by atoms with Gasteiger partial charge in [0.2, 0.25) is 0 Å². The standard InChI is InChI=1S/C10H13N3O2/c1-3-9(4-5-11)15-10(14)8-6-12-13(2)7-8/h6-7,9H,3-4H2,1-2H3. The first-order valence-corrected chi connectivity index (χ1v) is 4.74. The van der Waals surface area contributed by atoms with Gasteiger partial charge in [-0.15, -0.1) is 0 Å². The molecule has 0 N–H and O–H groups in total. The number of hydrogen-bond acceptors (Lipinski definition) is 4. The Kier molecular flexibility index (Phi) is 3.86. The lowest BCUT2D eigenvalue weighted by Gasteiger charge is -2.11. The Morgan fingerprint density at radius 1 is 1.80 bits per heavy atom. The van der Waals surface area contributed by atoms with Gasteiger partial charge in [0.05, 0.1) is 24.3 Å². The lowest BCUT2D eigenvalue weighted by atomic mass is 10.2. The molecule has 80 valence electrons. The van der Waals surface area contributed by atoms with E-state index >= 15 is 0 Å². The van der Waals surface area contributed by atoms with Crippen molar-refractivity contribution in [2.45, 2.75) is 25.9 Å². The van der Waals surface area contributed by atoms with Gasteiger partial charge in [-0.1, -0.05) is 6.92 Å². The van der Waals surface area contributed by atoms with Gasteiger partial charge in [0.1, 0.15) is 6.10 Å². The average Bonchev–Trinajstić information content (AvgIpc) is 2.64. The topological polar surface area (TPSA) is 67.9 Å². The third kappa shape index (κ3) is 3.09. The van der Waals surface area contributed by atoms with E-state index in [9.17, 15) is 4.79 Å². The first-order valence-electron chi connectivity index (χ1n) is 4.74. The number of hydrogen-bond donors (Lipinski definition) is 0. The molecular formula is C10H13N3O2. The maximum Gasteiger partial charge on any atom is 0.341 e. The van der Waals surface area contributed by atoms with Crippen molar-refractivity contribution in [2.24, 2.45) is 7.05 Å². The number of ether oxygens (including phenoxy) is 1. The van der Waals surface area contributed by atoms with E-state index in [1.165, 1.54) is 10.9 Å². The number of rotatable bonds is 4. The Bertz CT molecular complexity index is 378. The number of aryl methyl sites for hydroxylation is 1. The lowest BCUT2D eigenvalue weighted by Crippen LogP contribution is -2.16. The highest BCUT2D eigenvalue weighted by molar-refractivity contribution is 5.88. The van der Waals surface area contributed by atoms with Crippen LogP contribution >= 0.6 is 0 Å². The van der Waals surface area contributed by atoms with Crippen molar-refractivity contribution in [3.63, 3.8) is 0 Å². The van der Waals surface area contributed by atoms with E-state index < -0.39 is 5.97 Å². The van der Waals surface area contributed by atoms with Crippen LogP contribution in [0.5, 0.6) is 0 Å². The van der Waals surface area contributed by atoms with Crippen LogP contribution in [0.4, 0.5) is 0 Å². The summed E-state index contributed by atoms with van der Waals surface area (Å²) in [5.74, 6) is -0.426. The molecule has 1 aromatic rings. The number of esters is 1. The van der Waals surface area contributed by atoms with Crippen LogP contribution in [-0.2, 0) is 11.8 Å². The van der Waals surface area contributed by atoms with E-state index in [1.807, 2.05) is 13.0 Å². The molecule has 0 aliphatic rings. The quantitative estimate of drug-likeness (QED) is 0.697. The molecule has 0 aliphatic heterocycles. The molecule has 0 aliphatic carbocycles. The summed E-state index contributed by atoms with van der Waals surface area (Å²) in [6, 6.07) is 1.98. The number of carbonyl (C=O) groups excluding carboxylic acids is 1. The van der Waals surface area contributed by atoms with Gasteiger partial charge in [0.15, 0.2) is 0 Å². The summed E-state index contributed by atoms with van der Waals surface area (Å²) in [7, 11) is 1.73. The normalized spacial score (nSPS) is 11.8. The van der Waals surface area contributed by atoms with Crippen molar-refractivity contribution < 1.29 is 9.53 Å². The highest BCUT2D eigenvalue weighted by Crippen LogP contribution is 2.07. The SMILES string of the molecule is CCC(CC#N)OC(=O)c1cnn(C)c1. The fraction of sp³-hybridized carbons (Fsp3) is 0.500. The van der Waals surface area contributed by atoms with Crippen LogP contribution < -0.4 is 0 Å². The predicted octanol–water partition coefficient (Wildman–Crippen LogP) is 1.27. The van der Waals surface area contributed by atoms with Gasteiger partial charge in [-0.05, 0) is 6.42 Å². The largest absolute Gasteiger partial charge is 0.458 e. The lowest BCUT2D eigenvalue weighted by molar-refractivity contribution is 0.0303. The zero-order valence-corrected chi connectivity index (χ0v) is 8.80. The highest BCUT2D eigenvalue weighted by Gasteiger charge is 2.15. The summed E-state index contributed by atoms with van der Waals surface area (Å²) in [4.78, 5) is 11.5. The molecule has 15 heavy (non-hydrogen) atoms. The number of nitrogens with zero attached hydrogens (tertiary/aromatic N) is 3. The predicted molar refractivity (Wildman–Crippen MR) is 52.9 cm³/mol. The molecule has 0 amide bonds. The third-order valence-corrected chi connectivity index (χ3v) is 1.99. The molecule has 0 aromatic carbocycles. The molecule has 5 heteroatoms. The molecule has 1 rings (SSSR count). The van der Waals surface area contributed by atoms with Crippen LogP contribution in [0.2, 0.25) is 0 Å². The molecule has 1 atom stereocenters. The van der Waals surface area contributed by atoms with Crippen molar-refractivity contribution >= 4 is 5.97 Å². The zero-order chi connectivity index (χ0) is 11.3. The van der Waals surface area contributed by atoms with Crippen molar-refractivity contribution in [3.05, 3.63) is 18.0 Å². The molecule has 5 nitrogen and oxygen atoms in total. The summed E-state index contributed by atoms with van der Waals surface area (Å²) in [6.07, 6.45) is 3.56. The van der Waals surface area contributed by atoms with Crippen LogP contribution in [0.3, 0.4) is 0 Å². The van der Waals surface area contributed by atoms with Crippen LogP contribution in [-0.4, -0.2) is 21.9 Å². The maximum absolute atomic E-state index is 11.5. The summed E-state index contributed by atoms with van der Waals surface area (Å²) in [6.45, 7) is 1.87. The second-order valence-electron chi connectivity index (χ2n) is 3.20. The highest BCUT2D eigenvalue weighted by atomic mass is 16.5. The van der Waals surface area contributed by atoms with Gasteiger partial charge in [0.25, 0.3) is 0 Å². The van der Waals surface area contributed by atoms with Gasteiger partial charge in [-0.25, -0.2) is 4.79 Å².